The number of ether oxygens (including phenoxy) is 1. The molecule has 2 heteroatoms. The molecule has 24 heavy (non-hydrogen) atoms. The van der Waals surface area contributed by atoms with Crippen LogP contribution in [0.15, 0.2) is 61.2 Å². The van der Waals surface area contributed by atoms with Crippen LogP contribution in [0.4, 0.5) is 5.69 Å². The Kier molecular flexibility index (Phi) is 5.05. The molecule has 0 aliphatic carbocycles. The molecule has 1 aliphatic rings. The monoisotopic (exact) mass is 319 g/mol. The summed E-state index contributed by atoms with van der Waals surface area (Å²) in [4.78, 5) is 2.46. The summed E-state index contributed by atoms with van der Waals surface area (Å²) in [6.07, 6.45) is 6.54. The lowest BCUT2D eigenvalue weighted by Crippen LogP contribution is -2.17. The number of aryl methyl sites for hydroxylation is 1. The molecule has 0 unspecified atom stereocenters. The molecule has 0 radical (unpaired) electrons. The van der Waals surface area contributed by atoms with E-state index in [0.717, 1.165) is 5.75 Å². The first kappa shape index (κ1) is 16.4. The molecule has 3 rings (SSSR count). The first-order chi connectivity index (χ1) is 11.7. The minimum atomic E-state index is 0.888. The topological polar surface area (TPSA) is 12.5 Å². The third-order valence-corrected chi connectivity index (χ3v) is 4.66. The number of nitrogens with zero attached hydrogens (tertiary/aromatic N) is 1. The van der Waals surface area contributed by atoms with Gasteiger partial charge in [0.05, 0.1) is 7.11 Å². The summed E-state index contributed by atoms with van der Waals surface area (Å²) in [5.74, 6) is 0.888. The quantitative estimate of drug-likeness (QED) is 0.700. The Morgan fingerprint density at radius 1 is 1.08 bits per heavy atom. The standard InChI is InChI=1S/C22H25NO/c1-4-7-22(21-13-12-20(24-3)16-17(21)2)18-8-10-19(11-9-18)23-14-5-6-15-23/h4,7-13,16H,1,5-6,14-15H2,2-3H3/b22-7+. The smallest absolute Gasteiger partial charge is 0.119 e. The molecular formula is C22H25NO. The second kappa shape index (κ2) is 7.39. The van der Waals surface area contributed by atoms with Gasteiger partial charge >= 0.3 is 0 Å². The van der Waals surface area contributed by atoms with Gasteiger partial charge in [0.25, 0.3) is 0 Å². The average Bonchev–Trinajstić information content (AvgIpc) is 3.15. The van der Waals surface area contributed by atoms with Gasteiger partial charge in [-0.25, -0.2) is 0 Å². The van der Waals surface area contributed by atoms with E-state index in [0.29, 0.717) is 0 Å². The highest BCUT2D eigenvalue weighted by Crippen LogP contribution is 2.30. The van der Waals surface area contributed by atoms with E-state index in [2.05, 4.69) is 60.9 Å². The summed E-state index contributed by atoms with van der Waals surface area (Å²) in [7, 11) is 1.70. The van der Waals surface area contributed by atoms with Crippen LogP contribution in [-0.2, 0) is 0 Å². The van der Waals surface area contributed by atoms with E-state index in [4.69, 9.17) is 4.74 Å². The summed E-state index contributed by atoms with van der Waals surface area (Å²) in [5, 5.41) is 0. The summed E-state index contributed by atoms with van der Waals surface area (Å²) < 4.78 is 5.32. The van der Waals surface area contributed by atoms with Gasteiger partial charge in [-0.1, -0.05) is 36.9 Å². The number of methoxy groups -OCH3 is 1. The zero-order valence-corrected chi connectivity index (χ0v) is 14.6. The summed E-state index contributed by atoms with van der Waals surface area (Å²) in [5.41, 5.74) is 6.14. The average molecular weight is 319 g/mol. The molecule has 2 nitrogen and oxygen atoms in total. The largest absolute Gasteiger partial charge is 0.497 e. The van der Waals surface area contributed by atoms with Gasteiger partial charge < -0.3 is 9.64 Å². The van der Waals surface area contributed by atoms with Crippen molar-refractivity contribution in [1.29, 1.82) is 0 Å². The lowest BCUT2D eigenvalue weighted by atomic mass is 9.93. The van der Waals surface area contributed by atoms with Gasteiger partial charge in [0, 0.05) is 18.8 Å². The van der Waals surface area contributed by atoms with Crippen LogP contribution in [0.25, 0.3) is 5.57 Å². The first-order valence-corrected chi connectivity index (χ1v) is 8.56. The van der Waals surface area contributed by atoms with Gasteiger partial charge in [-0.3, -0.25) is 0 Å². The van der Waals surface area contributed by atoms with Crippen molar-refractivity contribution in [2.45, 2.75) is 19.8 Å². The molecule has 1 saturated heterocycles. The molecule has 0 atom stereocenters. The van der Waals surface area contributed by atoms with Crippen molar-refractivity contribution in [2.24, 2.45) is 0 Å². The maximum absolute atomic E-state index is 5.32. The van der Waals surface area contributed by atoms with E-state index in [1.54, 1.807) is 7.11 Å². The SMILES string of the molecule is C=C/C=C(\c1ccc(N2CCCC2)cc1)c1ccc(OC)cc1C. The minimum Gasteiger partial charge on any atom is -0.497 e. The number of hydrogen-bond donors (Lipinski definition) is 0. The molecule has 0 N–H and O–H groups in total. The highest BCUT2D eigenvalue weighted by molar-refractivity contribution is 5.83. The zero-order chi connectivity index (χ0) is 16.9. The molecule has 2 aromatic rings. The van der Waals surface area contributed by atoms with Crippen molar-refractivity contribution in [3.05, 3.63) is 77.9 Å². The summed E-state index contributed by atoms with van der Waals surface area (Å²) >= 11 is 0. The molecule has 124 valence electrons. The summed E-state index contributed by atoms with van der Waals surface area (Å²) in [6.45, 7) is 8.35. The molecule has 2 aromatic carbocycles. The fourth-order valence-electron chi connectivity index (χ4n) is 3.35. The molecule has 0 aromatic heterocycles. The van der Waals surface area contributed by atoms with E-state index >= 15 is 0 Å². The molecule has 1 fully saturated rings. The maximum atomic E-state index is 5.32. The first-order valence-electron chi connectivity index (χ1n) is 8.56. The van der Waals surface area contributed by atoms with Crippen molar-refractivity contribution in [3.63, 3.8) is 0 Å². The normalized spacial score (nSPS) is 14.8. The predicted molar refractivity (Wildman–Crippen MR) is 103 cm³/mol. The van der Waals surface area contributed by atoms with Gasteiger partial charge in [0.15, 0.2) is 0 Å². The highest BCUT2D eigenvalue weighted by Gasteiger charge is 2.13. The fourth-order valence-corrected chi connectivity index (χ4v) is 3.35. The van der Waals surface area contributed by atoms with E-state index in [-0.39, 0.29) is 0 Å². The third kappa shape index (κ3) is 3.38. The van der Waals surface area contributed by atoms with E-state index < -0.39 is 0 Å². The van der Waals surface area contributed by atoms with Crippen LogP contribution in [0.1, 0.15) is 29.5 Å². The fraction of sp³-hybridized carbons (Fsp3) is 0.273. The molecule has 1 aliphatic heterocycles. The second-order valence-electron chi connectivity index (χ2n) is 6.24. The molecule has 0 spiro atoms. The van der Waals surface area contributed by atoms with Crippen LogP contribution in [0.2, 0.25) is 0 Å². The van der Waals surface area contributed by atoms with E-state index in [1.165, 1.54) is 53.9 Å². The minimum absolute atomic E-state index is 0.888. The molecule has 0 bridgehead atoms. The zero-order valence-electron chi connectivity index (χ0n) is 14.6. The van der Waals surface area contributed by atoms with Gasteiger partial charge in [-0.2, -0.15) is 0 Å². The van der Waals surface area contributed by atoms with Crippen molar-refractivity contribution in [1.82, 2.24) is 0 Å². The number of rotatable bonds is 5. The van der Waals surface area contributed by atoms with Crippen molar-refractivity contribution in [2.75, 3.05) is 25.1 Å². The van der Waals surface area contributed by atoms with Crippen LogP contribution in [-0.4, -0.2) is 20.2 Å². The van der Waals surface area contributed by atoms with Crippen LogP contribution >= 0.6 is 0 Å². The maximum Gasteiger partial charge on any atom is 0.119 e. The third-order valence-electron chi connectivity index (χ3n) is 4.66. The Hall–Kier alpha value is -2.48. The molecule has 0 saturated carbocycles. The lowest BCUT2D eigenvalue weighted by molar-refractivity contribution is 0.414. The Morgan fingerprint density at radius 3 is 2.38 bits per heavy atom. The number of benzene rings is 2. The van der Waals surface area contributed by atoms with Gasteiger partial charge in [0.2, 0.25) is 0 Å². The second-order valence-corrected chi connectivity index (χ2v) is 6.24. The van der Waals surface area contributed by atoms with Crippen LogP contribution in [0, 0.1) is 6.92 Å². The highest BCUT2D eigenvalue weighted by atomic mass is 16.5. The number of allylic oxidation sites excluding steroid dienone is 2. The Labute approximate surface area is 145 Å². The Bertz CT molecular complexity index is 737. The molecular weight excluding hydrogens is 294 g/mol. The van der Waals surface area contributed by atoms with Crippen molar-refractivity contribution in [3.8, 4) is 5.75 Å². The molecule has 0 amide bonds. The van der Waals surface area contributed by atoms with Gasteiger partial charge in [0.1, 0.15) is 5.75 Å². The van der Waals surface area contributed by atoms with E-state index in [1.807, 2.05) is 12.1 Å². The lowest BCUT2D eigenvalue weighted by Gasteiger charge is -2.18. The molecule has 1 heterocycles. The van der Waals surface area contributed by atoms with Crippen LogP contribution in [0.3, 0.4) is 0 Å². The number of hydrogen-bond acceptors (Lipinski definition) is 2. The van der Waals surface area contributed by atoms with Gasteiger partial charge in [-0.15, -0.1) is 0 Å². The van der Waals surface area contributed by atoms with E-state index in [9.17, 15) is 0 Å². The van der Waals surface area contributed by atoms with Crippen LogP contribution < -0.4 is 9.64 Å². The summed E-state index contributed by atoms with van der Waals surface area (Å²) in [6, 6.07) is 15.1. The number of anilines is 1. The Balaban J connectivity index is 1.94. The Morgan fingerprint density at radius 2 is 1.79 bits per heavy atom. The van der Waals surface area contributed by atoms with Gasteiger partial charge in [-0.05, 0) is 66.3 Å². The van der Waals surface area contributed by atoms with Crippen LogP contribution in [0.5, 0.6) is 5.75 Å². The predicted octanol–water partition coefficient (Wildman–Crippen LogP) is 5.22. The van der Waals surface area contributed by atoms with Crippen molar-refractivity contribution >= 4 is 11.3 Å². The van der Waals surface area contributed by atoms with Crippen molar-refractivity contribution < 1.29 is 4.74 Å².